The van der Waals surface area contributed by atoms with E-state index < -0.39 is 11.4 Å². The largest absolute Gasteiger partial charge is 0.381 e. The first kappa shape index (κ1) is 14.2. The smallest absolute Gasteiger partial charge is 0.272 e. The molecule has 0 spiro atoms. The third-order valence-corrected chi connectivity index (χ3v) is 3.81. The molecule has 22 heavy (non-hydrogen) atoms. The number of nitrogens with zero attached hydrogens (tertiary/aromatic N) is 2. The summed E-state index contributed by atoms with van der Waals surface area (Å²) in [5.74, 6) is -0.222. The van der Waals surface area contributed by atoms with Crippen LogP contribution in [0, 0.1) is 11.2 Å². The molecule has 0 saturated heterocycles. The van der Waals surface area contributed by atoms with E-state index in [1.165, 1.54) is 12.1 Å². The van der Waals surface area contributed by atoms with E-state index in [0.29, 0.717) is 22.6 Å². The summed E-state index contributed by atoms with van der Waals surface area (Å²) in [6.07, 6.45) is 0.946. The predicted octanol–water partition coefficient (Wildman–Crippen LogP) is 1.18. The molecule has 3 rings (SSSR count). The van der Waals surface area contributed by atoms with Crippen LogP contribution in [0.5, 0.6) is 0 Å². The Bertz CT molecular complexity index is 843. The van der Waals surface area contributed by atoms with E-state index in [4.69, 9.17) is 5.41 Å². The lowest BCUT2D eigenvalue weighted by molar-refractivity contribution is 0.626. The van der Waals surface area contributed by atoms with Crippen LogP contribution in [0.2, 0.25) is 0 Å². The molecule has 4 N–H and O–H groups in total. The second-order valence-electron chi connectivity index (χ2n) is 5.12. The van der Waals surface area contributed by atoms with Crippen LogP contribution in [0.15, 0.2) is 21.9 Å². The van der Waals surface area contributed by atoms with Gasteiger partial charge in [0, 0.05) is 24.2 Å². The molecule has 0 aliphatic carbocycles. The van der Waals surface area contributed by atoms with E-state index in [2.05, 4.69) is 25.8 Å². The molecular formula is C14H15FN6O. The van der Waals surface area contributed by atoms with Crippen LogP contribution in [0.4, 0.5) is 10.1 Å². The van der Waals surface area contributed by atoms with Gasteiger partial charge in [0.05, 0.1) is 17.0 Å². The molecule has 1 aliphatic rings. The minimum Gasteiger partial charge on any atom is -0.381 e. The Balaban J connectivity index is 2.35. The van der Waals surface area contributed by atoms with E-state index in [1.54, 1.807) is 7.05 Å². The summed E-state index contributed by atoms with van der Waals surface area (Å²) in [4.78, 5) is 16.0. The zero-order chi connectivity index (χ0) is 15.9. The Morgan fingerprint density at radius 2 is 2.32 bits per heavy atom. The molecule has 114 valence electrons. The topological polar surface area (TPSA) is 106 Å². The summed E-state index contributed by atoms with van der Waals surface area (Å²) in [6, 6.07) is 2.42. The number of halogens is 1. The van der Waals surface area contributed by atoms with Gasteiger partial charge in [-0.05, 0) is 19.1 Å². The normalized spacial score (nSPS) is 20.6. The molecule has 0 bridgehead atoms. The number of aliphatic imine (C=N–C) groups is 1. The van der Waals surface area contributed by atoms with Gasteiger partial charge in [-0.25, -0.2) is 14.5 Å². The molecule has 7 nitrogen and oxygen atoms in total. The fraction of sp³-hybridized carbons (Fsp3) is 0.286. The number of amidine groups is 1. The van der Waals surface area contributed by atoms with Crippen LogP contribution in [-0.2, 0) is 0 Å². The molecule has 0 saturated carbocycles. The lowest BCUT2D eigenvalue weighted by Crippen LogP contribution is -2.40. The highest BCUT2D eigenvalue weighted by molar-refractivity contribution is 6.03. The van der Waals surface area contributed by atoms with Crippen LogP contribution in [-0.4, -0.2) is 35.5 Å². The molecule has 1 aromatic carbocycles. The minimum absolute atomic E-state index is 0.137. The lowest BCUT2D eigenvalue weighted by Gasteiger charge is -2.32. The summed E-state index contributed by atoms with van der Waals surface area (Å²) < 4.78 is 13.7. The van der Waals surface area contributed by atoms with Crippen LogP contribution >= 0.6 is 0 Å². The number of likely N-dealkylation sites (N-methyl/N-ethyl adjacent to an activating group) is 1. The lowest BCUT2D eigenvalue weighted by atomic mass is 9.88. The second-order valence-corrected chi connectivity index (χ2v) is 5.12. The van der Waals surface area contributed by atoms with Gasteiger partial charge in [0.25, 0.3) is 5.56 Å². The van der Waals surface area contributed by atoms with Crippen molar-refractivity contribution in [3.05, 3.63) is 34.0 Å². The maximum Gasteiger partial charge on any atom is 0.272 e. The molecule has 8 heteroatoms. The quantitative estimate of drug-likeness (QED) is 0.494. The number of anilines is 1. The number of aromatic amines is 1. The number of H-pyrrole nitrogens is 1. The van der Waals surface area contributed by atoms with Crippen molar-refractivity contribution in [1.29, 1.82) is 5.41 Å². The maximum absolute atomic E-state index is 13.7. The first-order valence-electron chi connectivity index (χ1n) is 6.79. The molecule has 2 atom stereocenters. The first-order valence-corrected chi connectivity index (χ1v) is 6.79. The van der Waals surface area contributed by atoms with Crippen LogP contribution in [0.3, 0.4) is 0 Å². The Hall–Kier alpha value is -2.77. The van der Waals surface area contributed by atoms with Crippen molar-refractivity contribution in [2.45, 2.75) is 18.9 Å². The molecule has 0 amide bonds. The third-order valence-electron chi connectivity index (χ3n) is 3.81. The third kappa shape index (κ3) is 2.03. The van der Waals surface area contributed by atoms with Crippen molar-refractivity contribution in [1.82, 2.24) is 15.5 Å². The van der Waals surface area contributed by atoms with Gasteiger partial charge in [-0.2, -0.15) is 5.10 Å². The van der Waals surface area contributed by atoms with E-state index in [1.807, 2.05) is 6.92 Å². The molecule has 0 fully saturated rings. The summed E-state index contributed by atoms with van der Waals surface area (Å²) >= 11 is 0. The van der Waals surface area contributed by atoms with Crippen molar-refractivity contribution in [3.63, 3.8) is 0 Å². The standard InChI is InChI=1S/C14H15FN6O/c1-6-10(13(17-2)18-5-16)12-11-8(14(22)21-20-12)3-7(15)4-9(11)19-6/h3-6,10,19H,1-2H3,(H,21,22)(H2,16,17,18)/t6-,10-/m1/s1. The highest BCUT2D eigenvalue weighted by Gasteiger charge is 2.33. The van der Waals surface area contributed by atoms with Gasteiger partial charge in [-0.3, -0.25) is 10.2 Å². The van der Waals surface area contributed by atoms with Gasteiger partial charge in [-0.15, -0.1) is 0 Å². The number of nitrogens with one attached hydrogen (secondary N) is 4. The average Bonchev–Trinajstić information content (AvgIpc) is 2.48. The Labute approximate surface area is 125 Å². The molecule has 2 heterocycles. The Morgan fingerprint density at radius 1 is 1.55 bits per heavy atom. The zero-order valence-corrected chi connectivity index (χ0v) is 12.1. The number of benzene rings is 1. The van der Waals surface area contributed by atoms with Crippen molar-refractivity contribution < 1.29 is 4.39 Å². The number of rotatable bonds is 2. The van der Waals surface area contributed by atoms with Gasteiger partial charge in [0.2, 0.25) is 0 Å². The van der Waals surface area contributed by atoms with Crippen LogP contribution in [0.25, 0.3) is 10.8 Å². The molecule has 0 unspecified atom stereocenters. The van der Waals surface area contributed by atoms with Gasteiger partial charge in [0.1, 0.15) is 18.0 Å². The van der Waals surface area contributed by atoms with E-state index in [-0.39, 0.29) is 17.3 Å². The van der Waals surface area contributed by atoms with Crippen molar-refractivity contribution in [3.8, 4) is 0 Å². The van der Waals surface area contributed by atoms with Crippen LogP contribution < -0.4 is 16.2 Å². The van der Waals surface area contributed by atoms with Gasteiger partial charge in [0.15, 0.2) is 0 Å². The highest BCUT2D eigenvalue weighted by Crippen LogP contribution is 2.37. The fourth-order valence-electron chi connectivity index (χ4n) is 2.93. The molecular weight excluding hydrogens is 287 g/mol. The molecule has 1 aliphatic heterocycles. The summed E-state index contributed by atoms with van der Waals surface area (Å²) in [5, 5.41) is 20.7. The molecule has 1 aromatic heterocycles. The van der Waals surface area contributed by atoms with Crippen molar-refractivity contribution >= 4 is 28.6 Å². The Morgan fingerprint density at radius 3 is 3.00 bits per heavy atom. The van der Waals surface area contributed by atoms with Gasteiger partial charge in [-0.1, -0.05) is 0 Å². The average molecular weight is 302 g/mol. The van der Waals surface area contributed by atoms with Crippen LogP contribution in [0.1, 0.15) is 18.5 Å². The minimum atomic E-state index is -0.481. The van der Waals surface area contributed by atoms with E-state index in [0.717, 1.165) is 6.34 Å². The van der Waals surface area contributed by atoms with Gasteiger partial charge < -0.3 is 10.6 Å². The van der Waals surface area contributed by atoms with Crippen molar-refractivity contribution in [2.24, 2.45) is 4.99 Å². The number of aromatic nitrogens is 2. The summed E-state index contributed by atoms with van der Waals surface area (Å²) in [5.41, 5.74) is 0.702. The summed E-state index contributed by atoms with van der Waals surface area (Å²) in [7, 11) is 1.71. The zero-order valence-electron chi connectivity index (χ0n) is 12.1. The number of hydrogen-bond donors (Lipinski definition) is 4. The van der Waals surface area contributed by atoms with Gasteiger partial charge >= 0.3 is 0 Å². The first-order chi connectivity index (χ1) is 10.6. The molecule has 0 radical (unpaired) electrons. The molecule has 2 aromatic rings. The second kappa shape index (κ2) is 5.21. The fourth-order valence-corrected chi connectivity index (χ4v) is 2.93. The van der Waals surface area contributed by atoms with Crippen molar-refractivity contribution in [2.75, 3.05) is 12.4 Å². The Kier molecular flexibility index (Phi) is 3.36. The monoisotopic (exact) mass is 302 g/mol. The highest BCUT2D eigenvalue weighted by atomic mass is 19.1. The summed E-state index contributed by atoms with van der Waals surface area (Å²) in [6.45, 7) is 1.91. The SMILES string of the molecule is CN/C(=N\C=N)[C@H]1c2n[nH]c(=O)c3cc(F)cc(c23)N[C@@H]1C. The van der Waals surface area contributed by atoms with E-state index >= 15 is 0 Å². The predicted molar refractivity (Wildman–Crippen MR) is 83.4 cm³/mol. The maximum atomic E-state index is 13.7. The number of hydrogen-bond acceptors (Lipinski definition) is 4. The van der Waals surface area contributed by atoms with E-state index in [9.17, 15) is 9.18 Å².